The highest BCUT2D eigenvalue weighted by Gasteiger charge is 2.14. The van der Waals surface area contributed by atoms with Crippen LogP contribution >= 0.6 is 11.8 Å². The number of hydrogen-bond acceptors (Lipinski definition) is 5. The van der Waals surface area contributed by atoms with Crippen molar-refractivity contribution in [3.05, 3.63) is 35.7 Å². The number of carbonyl (C=O) groups excluding carboxylic acids is 1. The van der Waals surface area contributed by atoms with E-state index in [0.29, 0.717) is 5.69 Å². The molecule has 0 aliphatic carbocycles. The van der Waals surface area contributed by atoms with Gasteiger partial charge in [-0.25, -0.2) is 18.5 Å². The lowest BCUT2D eigenvalue weighted by molar-refractivity contribution is -0.113. The molecule has 2 aromatic rings. The van der Waals surface area contributed by atoms with E-state index in [1.54, 1.807) is 19.3 Å². The Hall–Kier alpha value is -1.84. The molecule has 0 bridgehead atoms. The number of anilines is 1. The highest BCUT2D eigenvalue weighted by Crippen LogP contribution is 2.24. The van der Waals surface area contributed by atoms with Gasteiger partial charge in [-0.3, -0.25) is 4.79 Å². The number of sulfonamides is 1. The van der Waals surface area contributed by atoms with Crippen molar-refractivity contribution < 1.29 is 13.2 Å². The molecule has 0 saturated heterocycles. The van der Waals surface area contributed by atoms with Crippen LogP contribution in [0.1, 0.15) is 11.1 Å². The van der Waals surface area contributed by atoms with Crippen LogP contribution in [0.3, 0.4) is 0 Å². The second-order valence-corrected chi connectivity index (χ2v) is 7.62. The second kappa shape index (κ2) is 6.73. The zero-order valence-corrected chi connectivity index (χ0v) is 14.7. The third-order valence-electron chi connectivity index (χ3n) is 3.35. The summed E-state index contributed by atoms with van der Waals surface area (Å²) in [5.74, 6) is -0.0739. The predicted molar refractivity (Wildman–Crippen MR) is 89.9 cm³/mol. The standard InChI is InChI=1S/C14H18N4O3S2/c1-9-6-11(23(15,20)21)7-12(10(9)2)17-13(19)8-22-14-16-4-5-18(14)3/h4-7H,8H2,1-3H3,(H,17,19)(H2,15,20,21). The fourth-order valence-corrected chi connectivity index (χ4v) is 3.28. The lowest BCUT2D eigenvalue weighted by Gasteiger charge is -2.12. The van der Waals surface area contributed by atoms with E-state index in [-0.39, 0.29) is 16.6 Å². The van der Waals surface area contributed by atoms with E-state index in [1.165, 1.54) is 23.9 Å². The molecule has 2 rings (SSSR count). The summed E-state index contributed by atoms with van der Waals surface area (Å²) in [6.07, 6.45) is 3.45. The summed E-state index contributed by atoms with van der Waals surface area (Å²) < 4.78 is 24.8. The van der Waals surface area contributed by atoms with Crippen LogP contribution in [0, 0.1) is 13.8 Å². The number of primary sulfonamides is 1. The van der Waals surface area contributed by atoms with Gasteiger partial charge < -0.3 is 9.88 Å². The highest BCUT2D eigenvalue weighted by molar-refractivity contribution is 7.99. The summed E-state index contributed by atoms with van der Waals surface area (Å²) >= 11 is 1.30. The van der Waals surface area contributed by atoms with Crippen molar-refractivity contribution in [2.75, 3.05) is 11.1 Å². The van der Waals surface area contributed by atoms with Gasteiger partial charge in [0.15, 0.2) is 5.16 Å². The van der Waals surface area contributed by atoms with Gasteiger partial charge in [-0.15, -0.1) is 0 Å². The average molecular weight is 354 g/mol. The summed E-state index contributed by atoms with van der Waals surface area (Å²) in [4.78, 5) is 16.2. The zero-order valence-electron chi connectivity index (χ0n) is 13.0. The van der Waals surface area contributed by atoms with Gasteiger partial charge in [0.05, 0.1) is 10.6 Å². The normalized spacial score (nSPS) is 11.5. The Labute approximate surface area is 139 Å². The second-order valence-electron chi connectivity index (χ2n) is 5.12. The van der Waals surface area contributed by atoms with Crippen molar-refractivity contribution in [2.45, 2.75) is 23.9 Å². The first-order valence-corrected chi connectivity index (χ1v) is 9.25. The van der Waals surface area contributed by atoms with Gasteiger partial charge in [-0.05, 0) is 37.1 Å². The molecule has 1 amide bonds. The first-order chi connectivity index (χ1) is 10.7. The molecule has 0 radical (unpaired) electrons. The zero-order chi connectivity index (χ0) is 17.2. The van der Waals surface area contributed by atoms with E-state index in [2.05, 4.69) is 10.3 Å². The van der Waals surface area contributed by atoms with Crippen LogP contribution in [-0.4, -0.2) is 29.6 Å². The Morgan fingerprint density at radius 1 is 1.39 bits per heavy atom. The van der Waals surface area contributed by atoms with E-state index in [0.717, 1.165) is 16.3 Å². The topological polar surface area (TPSA) is 107 Å². The van der Waals surface area contributed by atoms with E-state index < -0.39 is 10.0 Å². The number of amides is 1. The Balaban J connectivity index is 2.14. The lowest BCUT2D eigenvalue weighted by atomic mass is 10.1. The summed E-state index contributed by atoms with van der Waals surface area (Å²) in [6, 6.07) is 2.87. The van der Waals surface area contributed by atoms with Crippen molar-refractivity contribution in [3.8, 4) is 0 Å². The summed E-state index contributed by atoms with van der Waals surface area (Å²) in [5, 5.41) is 8.62. The quantitative estimate of drug-likeness (QED) is 0.790. The Morgan fingerprint density at radius 2 is 2.09 bits per heavy atom. The summed E-state index contributed by atoms with van der Waals surface area (Å²) in [7, 11) is -1.98. The molecule has 0 unspecified atom stereocenters. The number of thioether (sulfide) groups is 1. The van der Waals surface area contributed by atoms with Gasteiger partial charge in [-0.1, -0.05) is 11.8 Å². The first-order valence-electron chi connectivity index (χ1n) is 6.72. The molecule has 0 aliphatic rings. The number of aromatic nitrogens is 2. The maximum atomic E-state index is 12.1. The van der Waals surface area contributed by atoms with Crippen LogP contribution in [0.5, 0.6) is 0 Å². The largest absolute Gasteiger partial charge is 0.329 e. The minimum absolute atomic E-state index is 0.0207. The third-order valence-corrected chi connectivity index (χ3v) is 5.30. The number of carbonyl (C=O) groups is 1. The molecule has 0 saturated carbocycles. The molecule has 9 heteroatoms. The molecule has 0 fully saturated rings. The van der Waals surface area contributed by atoms with Crippen molar-refractivity contribution in [2.24, 2.45) is 12.2 Å². The smallest absolute Gasteiger partial charge is 0.238 e. The number of nitrogens with two attached hydrogens (primary N) is 1. The molecule has 23 heavy (non-hydrogen) atoms. The molecule has 3 N–H and O–H groups in total. The number of hydrogen-bond donors (Lipinski definition) is 2. The third kappa shape index (κ3) is 4.34. The van der Waals surface area contributed by atoms with Crippen LogP contribution in [-0.2, 0) is 21.9 Å². The number of benzene rings is 1. The summed E-state index contributed by atoms with van der Waals surface area (Å²) in [5.41, 5.74) is 1.98. The van der Waals surface area contributed by atoms with E-state index >= 15 is 0 Å². The van der Waals surface area contributed by atoms with Gasteiger partial charge in [0, 0.05) is 25.1 Å². The van der Waals surface area contributed by atoms with Crippen LogP contribution < -0.4 is 10.5 Å². The van der Waals surface area contributed by atoms with Gasteiger partial charge >= 0.3 is 0 Å². The maximum Gasteiger partial charge on any atom is 0.238 e. The molecular weight excluding hydrogens is 336 g/mol. The Bertz CT molecular complexity index is 844. The van der Waals surface area contributed by atoms with Gasteiger partial charge in [0.25, 0.3) is 0 Å². The highest BCUT2D eigenvalue weighted by atomic mass is 32.2. The van der Waals surface area contributed by atoms with Crippen LogP contribution in [0.15, 0.2) is 34.6 Å². The minimum Gasteiger partial charge on any atom is -0.329 e. The number of nitrogens with zero attached hydrogens (tertiary/aromatic N) is 2. The number of imidazole rings is 1. The molecule has 0 atom stereocenters. The van der Waals surface area contributed by atoms with Crippen molar-refractivity contribution in [1.82, 2.24) is 9.55 Å². The van der Waals surface area contributed by atoms with E-state index in [9.17, 15) is 13.2 Å². The maximum absolute atomic E-state index is 12.1. The van der Waals surface area contributed by atoms with Crippen molar-refractivity contribution in [3.63, 3.8) is 0 Å². The number of aryl methyl sites for hydroxylation is 2. The fourth-order valence-electron chi connectivity index (χ4n) is 1.93. The molecule has 1 aromatic heterocycles. The van der Waals surface area contributed by atoms with Crippen LogP contribution in [0.4, 0.5) is 5.69 Å². The van der Waals surface area contributed by atoms with Gasteiger partial charge in [0.2, 0.25) is 15.9 Å². The predicted octanol–water partition coefficient (Wildman–Crippen LogP) is 1.42. The van der Waals surface area contributed by atoms with Crippen molar-refractivity contribution in [1.29, 1.82) is 0 Å². The molecule has 0 aliphatic heterocycles. The minimum atomic E-state index is -3.82. The molecule has 1 heterocycles. The van der Waals surface area contributed by atoms with Crippen LogP contribution in [0.25, 0.3) is 0 Å². The molecule has 0 spiro atoms. The van der Waals surface area contributed by atoms with Crippen LogP contribution in [0.2, 0.25) is 0 Å². The molecule has 7 nitrogen and oxygen atoms in total. The van der Waals surface area contributed by atoms with Gasteiger partial charge in [-0.2, -0.15) is 0 Å². The molecule has 1 aromatic carbocycles. The SMILES string of the molecule is Cc1cc(S(N)(=O)=O)cc(NC(=O)CSc2nccn2C)c1C. The fraction of sp³-hybridized carbons (Fsp3) is 0.286. The Morgan fingerprint density at radius 3 is 2.65 bits per heavy atom. The average Bonchev–Trinajstić information content (AvgIpc) is 2.85. The monoisotopic (exact) mass is 354 g/mol. The summed E-state index contributed by atoms with van der Waals surface area (Å²) in [6.45, 7) is 3.58. The van der Waals surface area contributed by atoms with Gasteiger partial charge in [0.1, 0.15) is 0 Å². The Kier molecular flexibility index (Phi) is 5.12. The lowest BCUT2D eigenvalue weighted by Crippen LogP contribution is -2.17. The molecular formula is C14H18N4O3S2. The number of rotatable bonds is 5. The van der Waals surface area contributed by atoms with Crippen molar-refractivity contribution >= 4 is 33.4 Å². The molecule has 124 valence electrons. The van der Waals surface area contributed by atoms with E-state index in [1.807, 2.05) is 18.5 Å². The number of nitrogens with one attached hydrogen (secondary N) is 1. The first kappa shape index (κ1) is 17.5. The van der Waals surface area contributed by atoms with E-state index in [4.69, 9.17) is 5.14 Å².